The number of carbonyl (C=O) groups excluding carboxylic acids is 1. The number of amides is 1. The lowest BCUT2D eigenvalue weighted by atomic mass is 9.91. The van der Waals surface area contributed by atoms with E-state index >= 15 is 0 Å². The molecule has 0 radical (unpaired) electrons. The van der Waals surface area contributed by atoms with E-state index in [0.717, 1.165) is 44.0 Å². The van der Waals surface area contributed by atoms with E-state index in [9.17, 15) is 4.79 Å². The molecule has 1 atom stereocenters. The lowest BCUT2D eigenvalue weighted by Crippen LogP contribution is -2.49. The molecule has 1 amide bonds. The summed E-state index contributed by atoms with van der Waals surface area (Å²) in [6.45, 7) is 10.6. The Morgan fingerprint density at radius 1 is 0.872 bits per heavy atom. The summed E-state index contributed by atoms with van der Waals surface area (Å²) in [5.74, 6) is 0.0858. The van der Waals surface area contributed by atoms with Crippen LogP contribution in [0.1, 0.15) is 34.7 Å². The van der Waals surface area contributed by atoms with Crippen LogP contribution < -0.4 is 5.32 Å². The number of carbonyl (C=O) groups is 1. The van der Waals surface area contributed by atoms with Crippen LogP contribution >= 0.6 is 0 Å². The molecule has 1 aliphatic rings. The minimum atomic E-state index is 0.0858. The van der Waals surface area contributed by atoms with E-state index in [4.69, 9.17) is 0 Å². The second-order valence-corrected chi connectivity index (χ2v) is 10.4. The molecule has 6 nitrogen and oxygen atoms in total. The summed E-state index contributed by atoms with van der Waals surface area (Å²) in [6.07, 6.45) is 4.26. The first-order valence-corrected chi connectivity index (χ1v) is 14.0. The number of aryl methyl sites for hydroxylation is 2. The minimum absolute atomic E-state index is 0.0858. The molecule has 5 rings (SSSR count). The molecule has 2 heterocycles. The second-order valence-electron chi connectivity index (χ2n) is 10.4. The molecule has 1 unspecified atom stereocenters. The Hall–Kier alpha value is -3.74. The largest absolute Gasteiger partial charge is 0.355 e. The Morgan fingerprint density at radius 2 is 1.59 bits per heavy atom. The van der Waals surface area contributed by atoms with Crippen molar-refractivity contribution in [1.29, 1.82) is 0 Å². The van der Waals surface area contributed by atoms with Crippen molar-refractivity contribution in [1.82, 2.24) is 24.7 Å². The van der Waals surface area contributed by atoms with Crippen molar-refractivity contribution in [2.75, 3.05) is 39.3 Å². The maximum Gasteiger partial charge on any atom is 0.221 e. The van der Waals surface area contributed by atoms with Gasteiger partial charge in [-0.25, -0.2) is 4.98 Å². The minimum Gasteiger partial charge on any atom is -0.355 e. The smallest absolute Gasteiger partial charge is 0.221 e. The molecular formula is C33H39N5O. The first kappa shape index (κ1) is 26.9. The maximum absolute atomic E-state index is 12.5. The van der Waals surface area contributed by atoms with Gasteiger partial charge in [-0.3, -0.25) is 14.6 Å². The highest BCUT2D eigenvalue weighted by Gasteiger charge is 2.27. The summed E-state index contributed by atoms with van der Waals surface area (Å²) in [5, 5.41) is 3.11. The van der Waals surface area contributed by atoms with Gasteiger partial charge in [0.2, 0.25) is 5.91 Å². The molecule has 39 heavy (non-hydrogen) atoms. The van der Waals surface area contributed by atoms with Gasteiger partial charge in [0.05, 0.1) is 18.1 Å². The molecule has 0 saturated carbocycles. The standard InChI is InChI=1S/C33H39N5O/c1-26-10-9-15-30(27(26)2)33(29-13-7-4-8-14-29)38-22-20-36(21-23-38)19-17-34-32(39)16-18-37-24-31(35-25-37)28-11-5-3-6-12-28/h3-15,24-25,33H,16-23H2,1-2H3,(H,34,39). The average molecular weight is 522 g/mol. The Labute approximate surface area is 232 Å². The van der Waals surface area contributed by atoms with Crippen LogP contribution in [0, 0.1) is 13.8 Å². The zero-order chi connectivity index (χ0) is 27.0. The third kappa shape index (κ3) is 6.83. The first-order chi connectivity index (χ1) is 19.1. The predicted molar refractivity (Wildman–Crippen MR) is 158 cm³/mol. The highest BCUT2D eigenvalue weighted by atomic mass is 16.1. The number of nitrogens with one attached hydrogen (secondary N) is 1. The summed E-state index contributed by atoms with van der Waals surface area (Å²) < 4.78 is 1.99. The highest BCUT2D eigenvalue weighted by molar-refractivity contribution is 5.75. The van der Waals surface area contributed by atoms with Crippen LogP contribution in [0.3, 0.4) is 0 Å². The SMILES string of the molecule is Cc1cccc(C(c2ccccc2)N2CCN(CCNC(=O)CCn3cnc(-c4ccccc4)c3)CC2)c1C. The number of rotatable bonds is 10. The van der Waals surface area contributed by atoms with Crippen molar-refractivity contribution >= 4 is 5.91 Å². The molecule has 1 fully saturated rings. The molecule has 4 aromatic rings. The maximum atomic E-state index is 12.5. The summed E-state index contributed by atoms with van der Waals surface area (Å²) >= 11 is 0. The van der Waals surface area contributed by atoms with Gasteiger partial charge in [0.1, 0.15) is 0 Å². The van der Waals surface area contributed by atoms with Crippen LogP contribution in [0.2, 0.25) is 0 Å². The van der Waals surface area contributed by atoms with Crippen molar-refractivity contribution in [2.45, 2.75) is 32.9 Å². The lowest BCUT2D eigenvalue weighted by Gasteiger charge is -2.40. The summed E-state index contributed by atoms with van der Waals surface area (Å²) in [7, 11) is 0. The zero-order valence-electron chi connectivity index (χ0n) is 23.1. The topological polar surface area (TPSA) is 53.4 Å². The van der Waals surface area contributed by atoms with Crippen molar-refractivity contribution in [3.63, 3.8) is 0 Å². The van der Waals surface area contributed by atoms with Crippen molar-refractivity contribution < 1.29 is 4.79 Å². The first-order valence-electron chi connectivity index (χ1n) is 14.0. The van der Waals surface area contributed by atoms with Gasteiger partial charge >= 0.3 is 0 Å². The van der Waals surface area contributed by atoms with Crippen molar-refractivity contribution in [3.8, 4) is 11.3 Å². The molecule has 1 N–H and O–H groups in total. The molecule has 0 bridgehead atoms. The number of nitrogens with zero attached hydrogens (tertiary/aromatic N) is 4. The van der Waals surface area contributed by atoms with Gasteiger partial charge in [0, 0.05) is 64.0 Å². The van der Waals surface area contributed by atoms with E-state index in [1.165, 1.54) is 22.3 Å². The van der Waals surface area contributed by atoms with Crippen LogP contribution in [0.25, 0.3) is 11.3 Å². The molecule has 1 aromatic heterocycles. The van der Waals surface area contributed by atoms with Crippen LogP contribution in [0.4, 0.5) is 0 Å². The highest BCUT2D eigenvalue weighted by Crippen LogP contribution is 2.32. The van der Waals surface area contributed by atoms with E-state index in [1.807, 2.05) is 41.1 Å². The molecule has 0 spiro atoms. The van der Waals surface area contributed by atoms with Crippen LogP contribution in [0.5, 0.6) is 0 Å². The number of piperazine rings is 1. The summed E-state index contributed by atoms with van der Waals surface area (Å²) in [6, 6.07) is 27.9. The number of imidazole rings is 1. The molecule has 1 saturated heterocycles. The molecule has 0 aliphatic carbocycles. The van der Waals surface area contributed by atoms with Crippen LogP contribution in [0.15, 0.2) is 91.4 Å². The van der Waals surface area contributed by atoms with Crippen LogP contribution in [-0.4, -0.2) is 64.5 Å². The molecule has 202 valence electrons. The van der Waals surface area contributed by atoms with E-state index in [1.54, 1.807) is 6.33 Å². The Balaban J connectivity index is 1.08. The molecule has 3 aromatic carbocycles. The van der Waals surface area contributed by atoms with Gasteiger partial charge in [-0.15, -0.1) is 0 Å². The Kier molecular flexibility index (Phi) is 8.86. The summed E-state index contributed by atoms with van der Waals surface area (Å²) in [5.41, 5.74) is 7.49. The Morgan fingerprint density at radius 3 is 2.33 bits per heavy atom. The quantitative estimate of drug-likeness (QED) is 0.316. The third-order valence-corrected chi connectivity index (χ3v) is 7.88. The molecule has 6 heteroatoms. The van der Waals surface area contributed by atoms with Crippen LogP contribution in [-0.2, 0) is 11.3 Å². The fourth-order valence-electron chi connectivity index (χ4n) is 5.45. The lowest BCUT2D eigenvalue weighted by molar-refractivity contribution is -0.121. The fraction of sp³-hybridized carbons (Fsp3) is 0.333. The third-order valence-electron chi connectivity index (χ3n) is 7.88. The van der Waals surface area contributed by atoms with E-state index in [2.05, 4.69) is 82.5 Å². The second kappa shape index (κ2) is 12.9. The fourth-order valence-corrected chi connectivity index (χ4v) is 5.45. The van der Waals surface area contributed by atoms with E-state index in [-0.39, 0.29) is 11.9 Å². The zero-order valence-corrected chi connectivity index (χ0v) is 23.1. The van der Waals surface area contributed by atoms with Crippen molar-refractivity contribution in [3.05, 3.63) is 114 Å². The van der Waals surface area contributed by atoms with E-state index < -0.39 is 0 Å². The monoisotopic (exact) mass is 521 g/mol. The molecular weight excluding hydrogens is 482 g/mol. The Bertz CT molecular complexity index is 1340. The van der Waals surface area contributed by atoms with Gasteiger partial charge < -0.3 is 9.88 Å². The van der Waals surface area contributed by atoms with Gasteiger partial charge in [-0.1, -0.05) is 78.9 Å². The van der Waals surface area contributed by atoms with Gasteiger partial charge in [-0.2, -0.15) is 0 Å². The average Bonchev–Trinajstić information content (AvgIpc) is 3.45. The summed E-state index contributed by atoms with van der Waals surface area (Å²) in [4.78, 5) is 22.0. The number of benzene rings is 3. The molecule has 1 aliphatic heterocycles. The number of aromatic nitrogens is 2. The number of hydrogen-bond acceptors (Lipinski definition) is 4. The number of hydrogen-bond donors (Lipinski definition) is 1. The van der Waals surface area contributed by atoms with Gasteiger partial charge in [0.25, 0.3) is 0 Å². The normalized spacial score (nSPS) is 15.2. The van der Waals surface area contributed by atoms with Crippen molar-refractivity contribution in [2.24, 2.45) is 0 Å². The van der Waals surface area contributed by atoms with Gasteiger partial charge in [-0.05, 0) is 36.1 Å². The van der Waals surface area contributed by atoms with Gasteiger partial charge in [0.15, 0.2) is 0 Å². The van der Waals surface area contributed by atoms with E-state index in [0.29, 0.717) is 19.5 Å². The predicted octanol–water partition coefficient (Wildman–Crippen LogP) is 5.08.